The summed E-state index contributed by atoms with van der Waals surface area (Å²) in [5, 5.41) is 24.5. The molecule has 3 rings (SSSR count). The van der Waals surface area contributed by atoms with E-state index in [4.69, 9.17) is 11.6 Å². The molecule has 0 unspecified atom stereocenters. The Morgan fingerprint density at radius 2 is 2.00 bits per heavy atom. The first-order valence-corrected chi connectivity index (χ1v) is 7.42. The summed E-state index contributed by atoms with van der Waals surface area (Å²) < 4.78 is 0. The molecule has 7 heteroatoms. The van der Waals surface area contributed by atoms with E-state index in [9.17, 15) is 15.4 Å². The zero-order chi connectivity index (χ0) is 17.1. The molecule has 3 aromatic rings. The predicted octanol–water partition coefficient (Wildman–Crippen LogP) is 4.28. The van der Waals surface area contributed by atoms with Crippen molar-refractivity contribution < 1.29 is 4.92 Å². The van der Waals surface area contributed by atoms with Crippen LogP contribution in [0.3, 0.4) is 0 Å². The second kappa shape index (κ2) is 6.52. The molecule has 0 aliphatic heterocycles. The Morgan fingerprint density at radius 3 is 2.67 bits per heavy atom. The maximum Gasteiger partial charge on any atom is 0.269 e. The van der Waals surface area contributed by atoms with E-state index in [0.29, 0.717) is 22.8 Å². The number of halogens is 1. The van der Waals surface area contributed by atoms with Crippen molar-refractivity contribution >= 4 is 33.9 Å². The van der Waals surface area contributed by atoms with Gasteiger partial charge in [-0.2, -0.15) is 5.26 Å². The van der Waals surface area contributed by atoms with Gasteiger partial charge in [0.2, 0.25) is 0 Å². The molecule has 0 bridgehead atoms. The van der Waals surface area contributed by atoms with E-state index >= 15 is 0 Å². The first-order chi connectivity index (χ1) is 11.6. The summed E-state index contributed by atoms with van der Waals surface area (Å²) in [7, 11) is 0. The molecule has 0 spiro atoms. The number of non-ortho nitro benzene ring substituents is 1. The van der Waals surface area contributed by atoms with E-state index in [-0.39, 0.29) is 5.69 Å². The van der Waals surface area contributed by atoms with Crippen LogP contribution in [0.2, 0.25) is 5.02 Å². The summed E-state index contributed by atoms with van der Waals surface area (Å²) in [6.07, 6.45) is 1.51. The van der Waals surface area contributed by atoms with Crippen LogP contribution in [0.15, 0.2) is 48.7 Å². The minimum atomic E-state index is -0.441. The molecule has 1 aromatic heterocycles. The molecular formula is C17H11ClN4O2. The molecule has 0 saturated heterocycles. The van der Waals surface area contributed by atoms with Crippen molar-refractivity contribution in [3.8, 4) is 6.07 Å². The lowest BCUT2D eigenvalue weighted by molar-refractivity contribution is -0.384. The first kappa shape index (κ1) is 15.7. The SMILES string of the molecule is N#Cc1cnc2ccc(Cl)cc2c1NCc1ccc([N+](=O)[O-])cc1. The van der Waals surface area contributed by atoms with E-state index in [2.05, 4.69) is 16.4 Å². The van der Waals surface area contributed by atoms with Gasteiger partial charge in [-0.15, -0.1) is 0 Å². The van der Waals surface area contributed by atoms with Gasteiger partial charge in [0.05, 0.1) is 21.7 Å². The van der Waals surface area contributed by atoms with Crippen molar-refractivity contribution in [2.75, 3.05) is 5.32 Å². The number of fused-ring (bicyclic) bond motifs is 1. The molecule has 6 nitrogen and oxygen atoms in total. The second-order valence-electron chi connectivity index (χ2n) is 5.10. The van der Waals surface area contributed by atoms with Crippen LogP contribution in [-0.4, -0.2) is 9.91 Å². The minimum Gasteiger partial charge on any atom is -0.379 e. The zero-order valence-corrected chi connectivity index (χ0v) is 13.1. The maximum absolute atomic E-state index is 10.7. The van der Waals surface area contributed by atoms with Gasteiger partial charge >= 0.3 is 0 Å². The van der Waals surface area contributed by atoms with E-state index in [1.807, 2.05) is 0 Å². The molecule has 0 aliphatic carbocycles. The normalized spacial score (nSPS) is 10.3. The Labute approximate surface area is 142 Å². The van der Waals surface area contributed by atoms with E-state index in [1.165, 1.54) is 18.3 Å². The van der Waals surface area contributed by atoms with E-state index in [1.54, 1.807) is 30.3 Å². The van der Waals surface area contributed by atoms with Crippen molar-refractivity contribution in [2.45, 2.75) is 6.54 Å². The molecule has 0 fully saturated rings. The van der Waals surface area contributed by atoms with Crippen LogP contribution in [0.25, 0.3) is 10.9 Å². The molecule has 1 heterocycles. The van der Waals surface area contributed by atoms with Crippen molar-refractivity contribution in [3.63, 3.8) is 0 Å². The van der Waals surface area contributed by atoms with Gasteiger partial charge in [0.25, 0.3) is 5.69 Å². The number of pyridine rings is 1. The summed E-state index contributed by atoms with van der Waals surface area (Å²) >= 11 is 6.05. The molecule has 118 valence electrons. The summed E-state index contributed by atoms with van der Waals surface area (Å²) in [6, 6.07) is 13.6. The van der Waals surface area contributed by atoms with Crippen LogP contribution < -0.4 is 5.32 Å². The van der Waals surface area contributed by atoms with Crippen molar-refractivity contribution in [3.05, 3.63) is 74.9 Å². The lowest BCUT2D eigenvalue weighted by Crippen LogP contribution is -2.03. The number of nitrogens with one attached hydrogen (secondary N) is 1. The second-order valence-corrected chi connectivity index (χ2v) is 5.53. The van der Waals surface area contributed by atoms with Crippen LogP contribution in [0, 0.1) is 21.4 Å². The summed E-state index contributed by atoms with van der Waals surface area (Å²) in [5.41, 5.74) is 2.67. The van der Waals surface area contributed by atoms with Crippen molar-refractivity contribution in [1.82, 2.24) is 4.98 Å². The highest BCUT2D eigenvalue weighted by molar-refractivity contribution is 6.31. The molecule has 0 radical (unpaired) electrons. The van der Waals surface area contributed by atoms with Crippen molar-refractivity contribution in [1.29, 1.82) is 5.26 Å². The predicted molar refractivity (Wildman–Crippen MR) is 91.9 cm³/mol. The number of rotatable bonds is 4. The lowest BCUT2D eigenvalue weighted by Gasteiger charge is -2.11. The molecule has 1 N–H and O–H groups in total. The van der Waals surface area contributed by atoms with Gasteiger partial charge < -0.3 is 5.32 Å². The van der Waals surface area contributed by atoms with Gasteiger partial charge in [-0.25, -0.2) is 0 Å². The van der Waals surface area contributed by atoms with Crippen LogP contribution in [0.1, 0.15) is 11.1 Å². The molecule has 0 saturated carbocycles. The summed E-state index contributed by atoms with van der Waals surface area (Å²) in [4.78, 5) is 14.5. The summed E-state index contributed by atoms with van der Waals surface area (Å²) in [5.74, 6) is 0. The third kappa shape index (κ3) is 3.12. The zero-order valence-electron chi connectivity index (χ0n) is 12.4. The number of aromatic nitrogens is 1. The monoisotopic (exact) mass is 338 g/mol. The van der Waals surface area contributed by atoms with Crippen LogP contribution >= 0.6 is 11.6 Å². The molecule has 0 aliphatic rings. The van der Waals surface area contributed by atoms with Gasteiger partial charge in [-0.05, 0) is 23.8 Å². The standard InChI is InChI=1S/C17H11ClN4O2/c18-13-3-6-16-15(7-13)17(12(8-19)10-20-16)21-9-11-1-4-14(5-2-11)22(23)24/h1-7,10H,9H2,(H,20,21). The van der Waals surface area contributed by atoms with Crippen LogP contribution in [-0.2, 0) is 6.54 Å². The molecule has 0 amide bonds. The van der Waals surface area contributed by atoms with Gasteiger partial charge in [0.1, 0.15) is 6.07 Å². The maximum atomic E-state index is 10.7. The highest BCUT2D eigenvalue weighted by atomic mass is 35.5. The molecule has 2 aromatic carbocycles. The Morgan fingerprint density at radius 1 is 1.25 bits per heavy atom. The number of hydrogen-bond acceptors (Lipinski definition) is 5. The average Bonchev–Trinajstić information content (AvgIpc) is 2.59. The number of nitriles is 1. The minimum absolute atomic E-state index is 0.0395. The topological polar surface area (TPSA) is 91.8 Å². The summed E-state index contributed by atoms with van der Waals surface area (Å²) in [6.45, 7) is 0.415. The molecular weight excluding hydrogens is 328 g/mol. The van der Waals surface area contributed by atoms with Gasteiger partial charge in [0, 0.05) is 35.3 Å². The number of nitro benzene ring substituents is 1. The fraction of sp³-hybridized carbons (Fsp3) is 0.0588. The average molecular weight is 339 g/mol. The van der Waals surface area contributed by atoms with Crippen LogP contribution in [0.5, 0.6) is 0 Å². The van der Waals surface area contributed by atoms with Gasteiger partial charge in [0.15, 0.2) is 0 Å². The first-order valence-electron chi connectivity index (χ1n) is 7.04. The van der Waals surface area contributed by atoms with Gasteiger partial charge in [-0.1, -0.05) is 23.7 Å². The Kier molecular flexibility index (Phi) is 4.27. The van der Waals surface area contributed by atoms with Crippen molar-refractivity contribution in [2.24, 2.45) is 0 Å². The number of hydrogen-bond donors (Lipinski definition) is 1. The van der Waals surface area contributed by atoms with Crippen LogP contribution in [0.4, 0.5) is 11.4 Å². The Balaban J connectivity index is 1.93. The highest BCUT2D eigenvalue weighted by Gasteiger charge is 2.10. The largest absolute Gasteiger partial charge is 0.379 e. The van der Waals surface area contributed by atoms with E-state index < -0.39 is 4.92 Å². The highest BCUT2D eigenvalue weighted by Crippen LogP contribution is 2.28. The number of anilines is 1. The Bertz CT molecular complexity index is 965. The van der Waals surface area contributed by atoms with Gasteiger partial charge in [-0.3, -0.25) is 15.1 Å². The smallest absolute Gasteiger partial charge is 0.269 e. The lowest BCUT2D eigenvalue weighted by atomic mass is 10.1. The van der Waals surface area contributed by atoms with E-state index in [0.717, 1.165) is 16.5 Å². The fourth-order valence-electron chi connectivity index (χ4n) is 2.37. The quantitative estimate of drug-likeness (QED) is 0.566. The molecule has 0 atom stereocenters. The molecule has 24 heavy (non-hydrogen) atoms. The number of nitrogens with zero attached hydrogens (tertiary/aromatic N) is 3. The fourth-order valence-corrected chi connectivity index (χ4v) is 2.54. The number of benzene rings is 2. The third-order valence-electron chi connectivity index (χ3n) is 3.57. The third-order valence-corrected chi connectivity index (χ3v) is 3.80. The Hall–Kier alpha value is -3.17. The number of nitro groups is 1.